The molecule has 0 amide bonds. The zero-order chi connectivity index (χ0) is 16.0. The van der Waals surface area contributed by atoms with Gasteiger partial charge in [-0.3, -0.25) is 4.68 Å². The van der Waals surface area contributed by atoms with Crippen LogP contribution in [0.5, 0.6) is 0 Å². The summed E-state index contributed by atoms with van der Waals surface area (Å²) >= 11 is 0. The third-order valence-electron chi connectivity index (χ3n) is 3.12. The molecule has 0 fully saturated rings. The first-order valence-corrected chi connectivity index (χ1v) is 9.05. The maximum Gasteiger partial charge on any atom is 0.244 e. The summed E-state index contributed by atoms with van der Waals surface area (Å²) in [6.07, 6.45) is 2.04. The van der Waals surface area contributed by atoms with Gasteiger partial charge < -0.3 is 5.32 Å². The summed E-state index contributed by atoms with van der Waals surface area (Å²) in [6, 6.07) is -0.129. The number of hydrogen-bond acceptors (Lipinski definition) is 4. The lowest BCUT2D eigenvalue weighted by Gasteiger charge is -2.10. The Morgan fingerprint density at radius 1 is 1.24 bits per heavy atom. The SMILES string of the molecule is CCCNCCCn1nc(C)c(S(=O)(=O)NC(C)C)c1C. The molecule has 0 aliphatic heterocycles. The van der Waals surface area contributed by atoms with E-state index >= 15 is 0 Å². The second kappa shape index (κ2) is 7.91. The molecule has 0 radical (unpaired) electrons. The molecular formula is C14H28N4O2S. The van der Waals surface area contributed by atoms with Gasteiger partial charge in [-0.2, -0.15) is 5.10 Å². The molecule has 0 spiro atoms. The lowest BCUT2D eigenvalue weighted by Crippen LogP contribution is -2.31. The van der Waals surface area contributed by atoms with Gasteiger partial charge in [-0.1, -0.05) is 6.92 Å². The molecule has 0 unspecified atom stereocenters. The Kier molecular flexibility index (Phi) is 6.83. The lowest BCUT2D eigenvalue weighted by atomic mass is 10.3. The molecule has 0 saturated carbocycles. The van der Waals surface area contributed by atoms with Crippen molar-refractivity contribution < 1.29 is 8.42 Å². The maximum atomic E-state index is 12.3. The van der Waals surface area contributed by atoms with Gasteiger partial charge in [-0.05, 0) is 53.6 Å². The molecule has 0 aliphatic carbocycles. The number of nitrogens with zero attached hydrogens (tertiary/aromatic N) is 2. The van der Waals surface area contributed by atoms with Crippen LogP contribution < -0.4 is 10.0 Å². The van der Waals surface area contributed by atoms with Gasteiger partial charge in [0.05, 0.1) is 11.4 Å². The molecule has 0 atom stereocenters. The van der Waals surface area contributed by atoms with Crippen LogP contribution in [0, 0.1) is 13.8 Å². The van der Waals surface area contributed by atoms with Crippen LogP contribution in [-0.4, -0.2) is 37.3 Å². The van der Waals surface area contributed by atoms with Gasteiger partial charge in [0, 0.05) is 12.6 Å². The van der Waals surface area contributed by atoms with Gasteiger partial charge in [-0.15, -0.1) is 0 Å². The third kappa shape index (κ3) is 5.09. The normalized spacial score (nSPS) is 12.3. The van der Waals surface area contributed by atoms with E-state index in [0.717, 1.165) is 32.5 Å². The van der Waals surface area contributed by atoms with Crippen LogP contribution in [0.1, 0.15) is 45.0 Å². The lowest BCUT2D eigenvalue weighted by molar-refractivity contribution is 0.529. The minimum absolute atomic E-state index is 0.129. The van der Waals surface area contributed by atoms with E-state index in [-0.39, 0.29) is 6.04 Å². The van der Waals surface area contributed by atoms with Gasteiger partial charge in [0.25, 0.3) is 0 Å². The second-order valence-electron chi connectivity index (χ2n) is 5.60. The van der Waals surface area contributed by atoms with Gasteiger partial charge in [0.15, 0.2) is 0 Å². The molecule has 7 heteroatoms. The molecule has 0 bridgehead atoms. The monoisotopic (exact) mass is 316 g/mol. The Morgan fingerprint density at radius 3 is 2.48 bits per heavy atom. The van der Waals surface area contributed by atoms with Crippen molar-refractivity contribution in [3.8, 4) is 0 Å². The Hall–Kier alpha value is -0.920. The van der Waals surface area contributed by atoms with Gasteiger partial charge in [-0.25, -0.2) is 13.1 Å². The summed E-state index contributed by atoms with van der Waals surface area (Å²) in [6.45, 7) is 12.0. The smallest absolute Gasteiger partial charge is 0.244 e. The molecule has 1 aromatic heterocycles. The minimum atomic E-state index is -3.49. The van der Waals surface area contributed by atoms with Crippen LogP contribution in [0.4, 0.5) is 0 Å². The highest BCUT2D eigenvalue weighted by molar-refractivity contribution is 7.89. The molecule has 0 aliphatic rings. The maximum absolute atomic E-state index is 12.3. The fourth-order valence-electron chi connectivity index (χ4n) is 2.31. The standard InChI is InChI=1S/C14H28N4O2S/c1-6-8-15-9-7-10-18-13(5)14(12(4)16-18)21(19,20)17-11(2)3/h11,15,17H,6-10H2,1-5H3. The average molecular weight is 316 g/mol. The highest BCUT2D eigenvalue weighted by atomic mass is 32.2. The summed E-state index contributed by atoms with van der Waals surface area (Å²) in [5, 5.41) is 7.70. The fraction of sp³-hybridized carbons (Fsp3) is 0.786. The fourth-order valence-corrected chi connectivity index (χ4v) is 3.97. The number of nitrogens with one attached hydrogen (secondary N) is 2. The Bertz CT molecular complexity index is 550. The summed E-state index contributed by atoms with van der Waals surface area (Å²) in [5.74, 6) is 0. The zero-order valence-corrected chi connectivity index (χ0v) is 14.5. The van der Waals surface area contributed by atoms with E-state index in [2.05, 4.69) is 22.1 Å². The minimum Gasteiger partial charge on any atom is -0.317 e. The Balaban J connectivity index is 2.81. The number of rotatable bonds is 9. The van der Waals surface area contributed by atoms with Crippen molar-refractivity contribution in [2.75, 3.05) is 13.1 Å². The number of aryl methyl sites for hydroxylation is 2. The van der Waals surface area contributed by atoms with Crippen molar-refractivity contribution in [3.63, 3.8) is 0 Å². The van der Waals surface area contributed by atoms with Gasteiger partial charge in [0.2, 0.25) is 10.0 Å². The third-order valence-corrected chi connectivity index (χ3v) is 5.03. The molecule has 122 valence electrons. The quantitative estimate of drug-likeness (QED) is 0.678. The van der Waals surface area contributed by atoms with Crippen molar-refractivity contribution in [2.45, 2.75) is 64.9 Å². The Labute approximate surface area is 128 Å². The average Bonchev–Trinajstić information content (AvgIpc) is 2.63. The van der Waals surface area contributed by atoms with E-state index in [1.165, 1.54) is 0 Å². The summed E-state index contributed by atoms with van der Waals surface area (Å²) in [7, 11) is -3.49. The van der Waals surface area contributed by atoms with E-state index in [4.69, 9.17) is 0 Å². The highest BCUT2D eigenvalue weighted by Gasteiger charge is 2.24. The van der Waals surface area contributed by atoms with Gasteiger partial charge in [0.1, 0.15) is 4.90 Å². The Morgan fingerprint density at radius 2 is 1.90 bits per heavy atom. The molecule has 1 rings (SSSR count). The van der Waals surface area contributed by atoms with Crippen molar-refractivity contribution in [1.29, 1.82) is 0 Å². The molecule has 0 aromatic carbocycles. The predicted molar refractivity (Wildman–Crippen MR) is 84.9 cm³/mol. The zero-order valence-electron chi connectivity index (χ0n) is 13.7. The van der Waals surface area contributed by atoms with Crippen LogP contribution in [-0.2, 0) is 16.6 Å². The second-order valence-corrected chi connectivity index (χ2v) is 7.25. The topological polar surface area (TPSA) is 76.0 Å². The number of sulfonamides is 1. The van der Waals surface area contributed by atoms with Crippen LogP contribution in [0.25, 0.3) is 0 Å². The first-order chi connectivity index (χ1) is 9.79. The van der Waals surface area contributed by atoms with Crippen LogP contribution in [0.2, 0.25) is 0 Å². The van der Waals surface area contributed by atoms with Crippen LogP contribution >= 0.6 is 0 Å². The predicted octanol–water partition coefficient (Wildman–Crippen LogP) is 1.58. The number of aromatic nitrogens is 2. The molecule has 1 heterocycles. The first-order valence-electron chi connectivity index (χ1n) is 7.56. The summed E-state index contributed by atoms with van der Waals surface area (Å²) < 4.78 is 29.1. The number of hydrogen-bond donors (Lipinski definition) is 2. The van der Waals surface area contributed by atoms with Gasteiger partial charge >= 0.3 is 0 Å². The summed E-state index contributed by atoms with van der Waals surface area (Å²) in [5.41, 5.74) is 1.26. The molecular weight excluding hydrogens is 288 g/mol. The van der Waals surface area contributed by atoms with Crippen molar-refractivity contribution in [1.82, 2.24) is 19.8 Å². The van der Waals surface area contributed by atoms with Crippen molar-refractivity contribution in [2.24, 2.45) is 0 Å². The summed E-state index contributed by atoms with van der Waals surface area (Å²) in [4.78, 5) is 0.317. The highest BCUT2D eigenvalue weighted by Crippen LogP contribution is 2.19. The first kappa shape index (κ1) is 18.1. The van der Waals surface area contributed by atoms with Crippen LogP contribution in [0.3, 0.4) is 0 Å². The molecule has 2 N–H and O–H groups in total. The van der Waals surface area contributed by atoms with E-state index in [1.54, 1.807) is 11.6 Å². The molecule has 6 nitrogen and oxygen atoms in total. The van der Waals surface area contributed by atoms with E-state index in [0.29, 0.717) is 16.3 Å². The van der Waals surface area contributed by atoms with Crippen molar-refractivity contribution in [3.05, 3.63) is 11.4 Å². The van der Waals surface area contributed by atoms with E-state index in [9.17, 15) is 8.42 Å². The molecule has 21 heavy (non-hydrogen) atoms. The van der Waals surface area contributed by atoms with E-state index < -0.39 is 10.0 Å². The van der Waals surface area contributed by atoms with E-state index in [1.807, 2.05) is 20.8 Å². The largest absolute Gasteiger partial charge is 0.317 e. The molecule has 1 aromatic rings. The molecule has 0 saturated heterocycles. The van der Waals surface area contributed by atoms with Crippen LogP contribution in [0.15, 0.2) is 4.90 Å². The van der Waals surface area contributed by atoms with Crippen molar-refractivity contribution >= 4 is 10.0 Å².